The Morgan fingerprint density at radius 1 is 1.27 bits per heavy atom. The molecule has 1 N–H and O–H groups in total. The molecular weight excluding hydrogens is 348 g/mol. The summed E-state index contributed by atoms with van der Waals surface area (Å²) in [5, 5.41) is 6.37. The molecule has 0 saturated carbocycles. The van der Waals surface area contributed by atoms with Crippen molar-refractivity contribution >= 4 is 39.2 Å². The molecule has 6 nitrogen and oxygen atoms in total. The highest BCUT2D eigenvalue weighted by atomic mass is 32.1. The minimum absolute atomic E-state index is 0.0274. The zero-order valence-corrected chi connectivity index (χ0v) is 15.1. The Balaban J connectivity index is 1.39. The van der Waals surface area contributed by atoms with Gasteiger partial charge in [0.25, 0.3) is 0 Å². The number of anilines is 1. The van der Waals surface area contributed by atoms with E-state index in [-0.39, 0.29) is 11.8 Å². The molecule has 2 amide bonds. The van der Waals surface area contributed by atoms with E-state index in [1.807, 2.05) is 23.7 Å². The van der Waals surface area contributed by atoms with Crippen LogP contribution in [0.2, 0.25) is 0 Å². The molecule has 0 aliphatic carbocycles. The van der Waals surface area contributed by atoms with Gasteiger partial charge in [0.1, 0.15) is 6.04 Å². The zero-order chi connectivity index (χ0) is 17.9. The number of likely N-dealkylation sites (tertiary alicyclic amines) is 1. The number of para-hydroxylation sites is 1. The maximum Gasteiger partial charge on any atom is 0.248 e. The predicted octanol–water partition coefficient (Wildman–Crippen LogP) is 3.12. The van der Waals surface area contributed by atoms with Crippen LogP contribution in [0.1, 0.15) is 19.3 Å². The standard InChI is InChI=1S/C19H20N4O2S/c24-17(8-12-22-11-7-14-4-1-2-5-15(14)22)23-10-3-6-16(23)18(25)21-19-20-9-13-26-19/h1-2,4-5,7,9,11,13,16H,3,6,8,10,12H2,(H,20,21,25). The Hall–Kier alpha value is -2.67. The van der Waals surface area contributed by atoms with Gasteiger partial charge in [-0.2, -0.15) is 0 Å². The molecule has 134 valence electrons. The van der Waals surface area contributed by atoms with Gasteiger partial charge in [0.2, 0.25) is 11.8 Å². The molecule has 1 aliphatic heterocycles. The fourth-order valence-corrected chi connectivity index (χ4v) is 4.04. The number of aryl methyl sites for hydroxylation is 1. The zero-order valence-electron chi connectivity index (χ0n) is 14.3. The summed E-state index contributed by atoms with van der Waals surface area (Å²) in [5.41, 5.74) is 1.12. The van der Waals surface area contributed by atoms with Crippen LogP contribution in [-0.2, 0) is 16.1 Å². The van der Waals surface area contributed by atoms with Gasteiger partial charge >= 0.3 is 0 Å². The molecule has 1 aromatic carbocycles. The molecule has 1 aliphatic rings. The van der Waals surface area contributed by atoms with E-state index in [0.29, 0.717) is 31.1 Å². The molecule has 1 fully saturated rings. The minimum Gasteiger partial charge on any atom is -0.347 e. The van der Waals surface area contributed by atoms with Crippen LogP contribution in [0, 0.1) is 0 Å². The summed E-state index contributed by atoms with van der Waals surface area (Å²) >= 11 is 1.38. The van der Waals surface area contributed by atoms with Gasteiger partial charge < -0.3 is 14.8 Å². The third kappa shape index (κ3) is 3.35. The molecule has 4 rings (SSSR count). The number of nitrogens with zero attached hydrogens (tertiary/aromatic N) is 3. The third-order valence-electron chi connectivity index (χ3n) is 4.79. The van der Waals surface area contributed by atoms with Gasteiger partial charge in [0.05, 0.1) is 0 Å². The van der Waals surface area contributed by atoms with Gasteiger partial charge in [0, 0.05) is 42.8 Å². The van der Waals surface area contributed by atoms with E-state index < -0.39 is 6.04 Å². The number of hydrogen-bond donors (Lipinski definition) is 1. The van der Waals surface area contributed by atoms with Crippen molar-refractivity contribution < 1.29 is 9.59 Å². The van der Waals surface area contributed by atoms with Gasteiger partial charge in [-0.1, -0.05) is 18.2 Å². The average Bonchev–Trinajstić information content (AvgIpc) is 3.40. The largest absolute Gasteiger partial charge is 0.347 e. The highest BCUT2D eigenvalue weighted by molar-refractivity contribution is 7.13. The molecule has 2 aromatic heterocycles. The van der Waals surface area contributed by atoms with E-state index in [1.165, 1.54) is 16.7 Å². The highest BCUT2D eigenvalue weighted by Gasteiger charge is 2.34. The number of carbonyl (C=O) groups is 2. The molecule has 0 radical (unpaired) electrons. The fraction of sp³-hybridized carbons (Fsp3) is 0.316. The summed E-state index contributed by atoms with van der Waals surface area (Å²) in [6.45, 7) is 1.25. The first-order valence-electron chi connectivity index (χ1n) is 8.76. The normalized spacial score (nSPS) is 16.9. The molecule has 0 bridgehead atoms. The number of rotatable bonds is 5. The summed E-state index contributed by atoms with van der Waals surface area (Å²) in [7, 11) is 0. The van der Waals surface area contributed by atoms with Crippen molar-refractivity contribution in [3.05, 3.63) is 48.1 Å². The van der Waals surface area contributed by atoms with Crippen molar-refractivity contribution in [3.63, 3.8) is 0 Å². The highest BCUT2D eigenvalue weighted by Crippen LogP contribution is 2.22. The van der Waals surface area contributed by atoms with Crippen molar-refractivity contribution in [1.29, 1.82) is 0 Å². The third-order valence-corrected chi connectivity index (χ3v) is 5.47. The number of benzene rings is 1. The number of aromatic nitrogens is 2. The molecule has 1 saturated heterocycles. The predicted molar refractivity (Wildman–Crippen MR) is 102 cm³/mol. The first-order chi connectivity index (χ1) is 12.7. The van der Waals surface area contributed by atoms with Gasteiger partial charge in [-0.15, -0.1) is 11.3 Å². The second-order valence-corrected chi connectivity index (χ2v) is 7.28. The Morgan fingerprint density at radius 3 is 3.00 bits per heavy atom. The van der Waals surface area contributed by atoms with E-state index in [1.54, 1.807) is 11.1 Å². The molecule has 0 spiro atoms. The average molecular weight is 368 g/mol. The number of carbonyl (C=O) groups excluding carboxylic acids is 2. The van der Waals surface area contributed by atoms with Crippen molar-refractivity contribution in [2.45, 2.75) is 31.8 Å². The van der Waals surface area contributed by atoms with E-state index in [4.69, 9.17) is 0 Å². The van der Waals surface area contributed by atoms with Gasteiger partial charge in [-0.25, -0.2) is 4.98 Å². The lowest BCUT2D eigenvalue weighted by Crippen LogP contribution is -2.43. The topological polar surface area (TPSA) is 67.2 Å². The second-order valence-electron chi connectivity index (χ2n) is 6.39. The van der Waals surface area contributed by atoms with Gasteiger partial charge in [-0.3, -0.25) is 9.59 Å². The number of hydrogen-bond acceptors (Lipinski definition) is 4. The lowest BCUT2D eigenvalue weighted by Gasteiger charge is -2.23. The summed E-state index contributed by atoms with van der Waals surface area (Å²) in [5.74, 6) is -0.114. The van der Waals surface area contributed by atoms with Gasteiger partial charge in [0.15, 0.2) is 5.13 Å². The van der Waals surface area contributed by atoms with Crippen LogP contribution in [0.5, 0.6) is 0 Å². The molecular formula is C19H20N4O2S. The molecule has 7 heteroatoms. The Morgan fingerprint density at radius 2 is 2.15 bits per heavy atom. The van der Waals surface area contributed by atoms with Crippen LogP contribution in [0.15, 0.2) is 48.1 Å². The molecule has 1 unspecified atom stereocenters. The smallest absolute Gasteiger partial charge is 0.248 e. The summed E-state index contributed by atoms with van der Waals surface area (Å²) in [6, 6.07) is 9.79. The van der Waals surface area contributed by atoms with E-state index in [9.17, 15) is 9.59 Å². The van der Waals surface area contributed by atoms with E-state index in [2.05, 4.69) is 33.1 Å². The van der Waals surface area contributed by atoms with Crippen molar-refractivity contribution in [1.82, 2.24) is 14.5 Å². The maximum atomic E-state index is 12.7. The first kappa shape index (κ1) is 16.8. The monoisotopic (exact) mass is 368 g/mol. The number of fused-ring (bicyclic) bond motifs is 1. The minimum atomic E-state index is -0.396. The quantitative estimate of drug-likeness (QED) is 0.752. The van der Waals surface area contributed by atoms with E-state index >= 15 is 0 Å². The maximum absolute atomic E-state index is 12.7. The number of amides is 2. The van der Waals surface area contributed by atoms with Crippen LogP contribution in [-0.4, -0.2) is 38.9 Å². The Labute approximate surface area is 155 Å². The molecule has 3 aromatic rings. The number of thiazole rings is 1. The molecule has 26 heavy (non-hydrogen) atoms. The van der Waals surface area contributed by atoms with Crippen LogP contribution in [0.4, 0.5) is 5.13 Å². The molecule has 1 atom stereocenters. The van der Waals surface area contributed by atoms with E-state index in [0.717, 1.165) is 11.9 Å². The summed E-state index contributed by atoms with van der Waals surface area (Å²) in [4.78, 5) is 31.0. The first-order valence-corrected chi connectivity index (χ1v) is 9.64. The number of nitrogens with one attached hydrogen (secondary N) is 1. The van der Waals surface area contributed by atoms with Crippen LogP contribution >= 0.6 is 11.3 Å². The van der Waals surface area contributed by atoms with Crippen molar-refractivity contribution in [2.24, 2.45) is 0 Å². The van der Waals surface area contributed by atoms with Gasteiger partial charge in [-0.05, 0) is 30.4 Å². The lowest BCUT2D eigenvalue weighted by molar-refractivity contribution is -0.136. The fourth-order valence-electron chi connectivity index (χ4n) is 3.51. The SMILES string of the molecule is O=C(Nc1nccs1)C1CCCN1C(=O)CCn1ccc2ccccc21. The Kier molecular flexibility index (Phi) is 4.71. The molecule has 3 heterocycles. The summed E-state index contributed by atoms with van der Waals surface area (Å²) in [6.07, 6.45) is 5.61. The lowest BCUT2D eigenvalue weighted by atomic mass is 10.2. The van der Waals surface area contributed by atoms with Crippen molar-refractivity contribution in [3.8, 4) is 0 Å². The van der Waals surface area contributed by atoms with Crippen LogP contribution in [0.25, 0.3) is 10.9 Å². The summed E-state index contributed by atoms with van der Waals surface area (Å²) < 4.78 is 2.09. The second kappa shape index (κ2) is 7.29. The van der Waals surface area contributed by atoms with Crippen molar-refractivity contribution in [2.75, 3.05) is 11.9 Å². The van der Waals surface area contributed by atoms with Crippen LogP contribution in [0.3, 0.4) is 0 Å². The van der Waals surface area contributed by atoms with Crippen LogP contribution < -0.4 is 5.32 Å². The Bertz CT molecular complexity index is 919.